The van der Waals surface area contributed by atoms with E-state index in [1.807, 2.05) is 0 Å². The standard InChI is InChI=1S/C10H9F2N3/c1-5-2-6(11)9(7(12)3-5)10-8(13)4-14-15-10/h2-4H,13H2,1H3,(H,14,15). The summed E-state index contributed by atoms with van der Waals surface area (Å²) in [6, 6.07) is 2.50. The van der Waals surface area contributed by atoms with Crippen molar-refractivity contribution in [3.05, 3.63) is 35.5 Å². The van der Waals surface area contributed by atoms with Crippen LogP contribution < -0.4 is 5.73 Å². The van der Waals surface area contributed by atoms with E-state index >= 15 is 0 Å². The number of hydrogen-bond acceptors (Lipinski definition) is 2. The minimum atomic E-state index is -0.650. The minimum Gasteiger partial charge on any atom is -0.396 e. The molecule has 2 aromatic rings. The number of aromatic nitrogens is 2. The number of aromatic amines is 1. The quantitative estimate of drug-likeness (QED) is 0.756. The Morgan fingerprint density at radius 1 is 1.27 bits per heavy atom. The second kappa shape index (κ2) is 3.34. The van der Waals surface area contributed by atoms with Crippen molar-refractivity contribution in [2.45, 2.75) is 6.92 Å². The van der Waals surface area contributed by atoms with E-state index in [-0.39, 0.29) is 16.9 Å². The molecule has 0 aliphatic carbocycles. The second-order valence-corrected chi connectivity index (χ2v) is 3.30. The van der Waals surface area contributed by atoms with Crippen LogP contribution in [0.3, 0.4) is 0 Å². The van der Waals surface area contributed by atoms with Gasteiger partial charge in [0, 0.05) is 0 Å². The van der Waals surface area contributed by atoms with E-state index in [1.54, 1.807) is 6.92 Å². The summed E-state index contributed by atoms with van der Waals surface area (Å²) in [5, 5.41) is 6.09. The Balaban J connectivity index is 2.68. The zero-order valence-corrected chi connectivity index (χ0v) is 8.01. The van der Waals surface area contributed by atoms with Gasteiger partial charge in [-0.15, -0.1) is 0 Å². The van der Waals surface area contributed by atoms with Gasteiger partial charge >= 0.3 is 0 Å². The van der Waals surface area contributed by atoms with E-state index in [2.05, 4.69) is 10.2 Å². The van der Waals surface area contributed by atoms with E-state index in [0.717, 1.165) is 0 Å². The molecule has 0 saturated heterocycles. The van der Waals surface area contributed by atoms with Crippen molar-refractivity contribution in [3.63, 3.8) is 0 Å². The molecule has 1 aromatic heterocycles. The summed E-state index contributed by atoms with van der Waals surface area (Å²) in [5.74, 6) is -1.30. The van der Waals surface area contributed by atoms with E-state index in [4.69, 9.17) is 5.73 Å². The number of nitrogen functional groups attached to an aromatic ring is 1. The normalized spacial score (nSPS) is 10.6. The molecule has 3 nitrogen and oxygen atoms in total. The summed E-state index contributed by atoms with van der Waals surface area (Å²) in [7, 11) is 0. The van der Waals surface area contributed by atoms with Crippen molar-refractivity contribution in [2.24, 2.45) is 0 Å². The average Bonchev–Trinajstić information content (AvgIpc) is 2.50. The van der Waals surface area contributed by atoms with Crippen LogP contribution in [0.15, 0.2) is 18.3 Å². The van der Waals surface area contributed by atoms with Crippen LogP contribution in [0.25, 0.3) is 11.3 Å². The Hall–Kier alpha value is -1.91. The molecule has 0 atom stereocenters. The van der Waals surface area contributed by atoms with Crippen molar-refractivity contribution < 1.29 is 8.78 Å². The first-order chi connectivity index (χ1) is 7.09. The lowest BCUT2D eigenvalue weighted by atomic mass is 10.1. The predicted octanol–water partition coefficient (Wildman–Crippen LogP) is 2.25. The molecule has 0 amide bonds. The highest BCUT2D eigenvalue weighted by atomic mass is 19.1. The lowest BCUT2D eigenvalue weighted by Crippen LogP contribution is -1.95. The number of hydrogen-bond donors (Lipinski definition) is 2. The number of halogens is 2. The first kappa shape index (κ1) is 9.64. The molecular weight excluding hydrogens is 200 g/mol. The van der Waals surface area contributed by atoms with Gasteiger partial charge in [0.1, 0.15) is 11.6 Å². The highest BCUT2D eigenvalue weighted by molar-refractivity contribution is 5.72. The fraction of sp³-hybridized carbons (Fsp3) is 0.100. The molecule has 78 valence electrons. The van der Waals surface area contributed by atoms with Crippen molar-refractivity contribution in [2.75, 3.05) is 5.73 Å². The topological polar surface area (TPSA) is 54.7 Å². The summed E-state index contributed by atoms with van der Waals surface area (Å²) >= 11 is 0. The van der Waals surface area contributed by atoms with Crippen LogP contribution in [0.4, 0.5) is 14.5 Å². The molecular formula is C10H9F2N3. The van der Waals surface area contributed by atoms with Crippen LogP contribution in [0.2, 0.25) is 0 Å². The molecule has 0 saturated carbocycles. The fourth-order valence-corrected chi connectivity index (χ4v) is 1.43. The third-order valence-electron chi connectivity index (χ3n) is 2.11. The lowest BCUT2D eigenvalue weighted by molar-refractivity contribution is 0.586. The third kappa shape index (κ3) is 1.56. The number of benzene rings is 1. The van der Waals surface area contributed by atoms with Gasteiger partial charge in [0.05, 0.1) is 23.1 Å². The summed E-state index contributed by atoms with van der Waals surface area (Å²) in [4.78, 5) is 0. The SMILES string of the molecule is Cc1cc(F)c(-c2[nH]ncc2N)c(F)c1. The van der Waals surface area contributed by atoms with Crippen molar-refractivity contribution in [1.82, 2.24) is 10.2 Å². The Morgan fingerprint density at radius 2 is 1.87 bits per heavy atom. The molecule has 15 heavy (non-hydrogen) atoms. The van der Waals surface area contributed by atoms with Crippen molar-refractivity contribution in [1.29, 1.82) is 0 Å². The second-order valence-electron chi connectivity index (χ2n) is 3.30. The van der Waals surface area contributed by atoms with Gasteiger partial charge in [0.15, 0.2) is 0 Å². The van der Waals surface area contributed by atoms with Crippen LogP contribution in [-0.2, 0) is 0 Å². The van der Waals surface area contributed by atoms with Gasteiger partial charge in [-0.2, -0.15) is 5.10 Å². The van der Waals surface area contributed by atoms with Gasteiger partial charge in [-0.3, -0.25) is 5.10 Å². The maximum atomic E-state index is 13.5. The molecule has 1 heterocycles. The number of anilines is 1. The van der Waals surface area contributed by atoms with Crippen LogP contribution >= 0.6 is 0 Å². The first-order valence-electron chi connectivity index (χ1n) is 4.34. The van der Waals surface area contributed by atoms with E-state index in [1.165, 1.54) is 18.3 Å². The molecule has 0 aliphatic rings. The highest BCUT2D eigenvalue weighted by Crippen LogP contribution is 2.29. The number of H-pyrrole nitrogens is 1. The van der Waals surface area contributed by atoms with Gasteiger partial charge in [-0.25, -0.2) is 8.78 Å². The maximum Gasteiger partial charge on any atom is 0.135 e. The van der Waals surface area contributed by atoms with Gasteiger partial charge < -0.3 is 5.73 Å². The van der Waals surface area contributed by atoms with Gasteiger partial charge in [0.2, 0.25) is 0 Å². The van der Waals surface area contributed by atoms with E-state index < -0.39 is 11.6 Å². The summed E-state index contributed by atoms with van der Waals surface area (Å²) in [6.45, 7) is 1.62. The highest BCUT2D eigenvalue weighted by Gasteiger charge is 2.15. The fourth-order valence-electron chi connectivity index (χ4n) is 1.43. The molecule has 0 fully saturated rings. The average molecular weight is 209 g/mol. The monoisotopic (exact) mass is 209 g/mol. The van der Waals surface area contributed by atoms with Crippen molar-refractivity contribution >= 4 is 5.69 Å². The third-order valence-corrected chi connectivity index (χ3v) is 2.11. The Kier molecular flexibility index (Phi) is 2.15. The minimum absolute atomic E-state index is 0.171. The van der Waals surface area contributed by atoms with Crippen LogP contribution in [0, 0.1) is 18.6 Å². The molecule has 0 spiro atoms. The molecule has 0 aliphatic heterocycles. The zero-order chi connectivity index (χ0) is 11.0. The van der Waals surface area contributed by atoms with E-state index in [0.29, 0.717) is 5.56 Å². The molecule has 1 aromatic carbocycles. The maximum absolute atomic E-state index is 13.5. The molecule has 0 radical (unpaired) electrons. The van der Waals surface area contributed by atoms with Gasteiger partial charge in [-0.1, -0.05) is 0 Å². The van der Waals surface area contributed by atoms with Crippen LogP contribution in [-0.4, -0.2) is 10.2 Å². The summed E-state index contributed by atoms with van der Waals surface area (Å²) in [5.41, 5.74) is 6.26. The molecule has 0 bridgehead atoms. The lowest BCUT2D eigenvalue weighted by Gasteiger charge is -2.04. The smallest absolute Gasteiger partial charge is 0.135 e. The number of nitrogens with one attached hydrogen (secondary N) is 1. The number of rotatable bonds is 1. The van der Waals surface area contributed by atoms with Crippen molar-refractivity contribution in [3.8, 4) is 11.3 Å². The van der Waals surface area contributed by atoms with Crippen LogP contribution in [0.1, 0.15) is 5.56 Å². The predicted molar refractivity (Wildman–Crippen MR) is 53.1 cm³/mol. The number of nitrogens with zero attached hydrogens (tertiary/aromatic N) is 1. The Labute approximate surface area is 84.9 Å². The summed E-state index contributed by atoms with van der Waals surface area (Å²) in [6.07, 6.45) is 1.31. The van der Waals surface area contributed by atoms with Gasteiger partial charge in [0.25, 0.3) is 0 Å². The molecule has 3 N–H and O–H groups in total. The summed E-state index contributed by atoms with van der Waals surface area (Å²) < 4.78 is 27.0. The molecule has 2 rings (SSSR count). The Morgan fingerprint density at radius 3 is 2.33 bits per heavy atom. The number of aryl methyl sites for hydroxylation is 1. The molecule has 5 heteroatoms. The largest absolute Gasteiger partial charge is 0.396 e. The number of nitrogens with two attached hydrogens (primary N) is 1. The Bertz CT molecular complexity index is 482. The zero-order valence-electron chi connectivity index (χ0n) is 8.01. The van der Waals surface area contributed by atoms with Crippen LogP contribution in [0.5, 0.6) is 0 Å². The van der Waals surface area contributed by atoms with Gasteiger partial charge in [-0.05, 0) is 24.6 Å². The first-order valence-corrected chi connectivity index (χ1v) is 4.34. The molecule has 0 unspecified atom stereocenters. The van der Waals surface area contributed by atoms with E-state index in [9.17, 15) is 8.78 Å².